The standard InChI is InChI=1S/C17H25N3O/c1-19-9-4-10-20(12-11-19)14-15-6-7-17(21-2)16(13-15)5-3-8-18/h6-7,13H,4,8-12,14,18H2,1-2H3. The summed E-state index contributed by atoms with van der Waals surface area (Å²) in [6.45, 7) is 5.93. The lowest BCUT2D eigenvalue weighted by atomic mass is 10.1. The number of benzene rings is 1. The second-order valence-electron chi connectivity index (χ2n) is 5.47. The van der Waals surface area contributed by atoms with Gasteiger partial charge in [0.15, 0.2) is 0 Å². The van der Waals surface area contributed by atoms with E-state index in [0.717, 1.165) is 37.5 Å². The fraction of sp³-hybridized carbons (Fsp3) is 0.529. The first-order valence-corrected chi connectivity index (χ1v) is 7.49. The Bertz CT molecular complexity index is 519. The molecule has 2 N–H and O–H groups in total. The molecule has 4 nitrogen and oxygen atoms in total. The lowest BCUT2D eigenvalue weighted by Gasteiger charge is -2.20. The molecule has 0 saturated carbocycles. The van der Waals surface area contributed by atoms with Crippen LogP contribution in [0.5, 0.6) is 5.75 Å². The molecule has 0 atom stereocenters. The Morgan fingerprint density at radius 3 is 2.86 bits per heavy atom. The first-order valence-electron chi connectivity index (χ1n) is 7.49. The molecule has 4 heteroatoms. The van der Waals surface area contributed by atoms with E-state index in [1.807, 2.05) is 6.07 Å². The third-order valence-electron chi connectivity index (χ3n) is 3.81. The van der Waals surface area contributed by atoms with Crippen LogP contribution in [0, 0.1) is 11.8 Å². The maximum absolute atomic E-state index is 5.46. The van der Waals surface area contributed by atoms with E-state index in [1.165, 1.54) is 18.5 Å². The summed E-state index contributed by atoms with van der Waals surface area (Å²) < 4.78 is 5.36. The minimum absolute atomic E-state index is 0.367. The molecule has 1 saturated heterocycles. The molecule has 1 aromatic carbocycles. The van der Waals surface area contributed by atoms with Gasteiger partial charge in [-0.2, -0.15) is 0 Å². The molecule has 21 heavy (non-hydrogen) atoms. The van der Waals surface area contributed by atoms with Crippen molar-refractivity contribution in [1.82, 2.24) is 9.80 Å². The highest BCUT2D eigenvalue weighted by molar-refractivity contribution is 5.48. The van der Waals surface area contributed by atoms with Gasteiger partial charge in [-0.1, -0.05) is 17.9 Å². The zero-order chi connectivity index (χ0) is 15.1. The third kappa shape index (κ3) is 4.75. The molecule has 1 aliphatic rings. The first-order chi connectivity index (χ1) is 10.2. The number of nitrogens with two attached hydrogens (primary N) is 1. The van der Waals surface area contributed by atoms with E-state index < -0.39 is 0 Å². The van der Waals surface area contributed by atoms with Crippen LogP contribution in [0.1, 0.15) is 17.5 Å². The summed E-state index contributed by atoms with van der Waals surface area (Å²) in [4.78, 5) is 4.90. The average molecular weight is 287 g/mol. The molecule has 1 fully saturated rings. The van der Waals surface area contributed by atoms with Crippen molar-refractivity contribution in [1.29, 1.82) is 0 Å². The second-order valence-corrected chi connectivity index (χ2v) is 5.47. The van der Waals surface area contributed by atoms with Crippen molar-refractivity contribution >= 4 is 0 Å². The Morgan fingerprint density at radius 2 is 2.10 bits per heavy atom. The van der Waals surface area contributed by atoms with Gasteiger partial charge < -0.3 is 15.4 Å². The van der Waals surface area contributed by atoms with Crippen LogP contribution < -0.4 is 10.5 Å². The number of hydrogen-bond donors (Lipinski definition) is 1. The van der Waals surface area contributed by atoms with Crippen LogP contribution in [0.25, 0.3) is 0 Å². The SMILES string of the molecule is COc1ccc(CN2CCCN(C)CC2)cc1C#CCN. The Balaban J connectivity index is 2.09. The molecule has 1 heterocycles. The van der Waals surface area contributed by atoms with Crippen molar-refractivity contribution < 1.29 is 4.74 Å². The number of likely N-dealkylation sites (N-methyl/N-ethyl adjacent to an activating group) is 1. The predicted octanol–water partition coefficient (Wildman–Crippen LogP) is 1.14. The van der Waals surface area contributed by atoms with Gasteiger partial charge >= 0.3 is 0 Å². The van der Waals surface area contributed by atoms with Gasteiger partial charge in [0.2, 0.25) is 0 Å². The number of nitrogens with zero attached hydrogens (tertiary/aromatic N) is 2. The van der Waals surface area contributed by atoms with Crippen molar-refractivity contribution in [3.05, 3.63) is 29.3 Å². The van der Waals surface area contributed by atoms with E-state index in [4.69, 9.17) is 10.5 Å². The highest BCUT2D eigenvalue weighted by atomic mass is 16.5. The van der Waals surface area contributed by atoms with Gasteiger partial charge in [-0.15, -0.1) is 0 Å². The van der Waals surface area contributed by atoms with Crippen molar-refractivity contribution in [3.8, 4) is 17.6 Å². The molecule has 0 unspecified atom stereocenters. The molecule has 1 aromatic rings. The summed E-state index contributed by atoms with van der Waals surface area (Å²) in [5.41, 5.74) is 7.66. The van der Waals surface area contributed by atoms with E-state index in [1.54, 1.807) is 7.11 Å². The second kappa shape index (κ2) is 8.04. The van der Waals surface area contributed by atoms with Crippen LogP contribution >= 0.6 is 0 Å². The smallest absolute Gasteiger partial charge is 0.134 e. The van der Waals surface area contributed by atoms with Gasteiger partial charge in [0.1, 0.15) is 5.75 Å². The average Bonchev–Trinajstić information content (AvgIpc) is 2.70. The van der Waals surface area contributed by atoms with Gasteiger partial charge in [-0.3, -0.25) is 4.90 Å². The van der Waals surface area contributed by atoms with Crippen molar-refractivity contribution in [2.75, 3.05) is 46.9 Å². The molecule has 0 spiro atoms. The largest absolute Gasteiger partial charge is 0.495 e. The summed E-state index contributed by atoms with van der Waals surface area (Å²) in [7, 11) is 3.87. The van der Waals surface area contributed by atoms with Crippen LogP contribution in [0.4, 0.5) is 0 Å². The van der Waals surface area contributed by atoms with Crippen molar-refractivity contribution in [3.63, 3.8) is 0 Å². The van der Waals surface area contributed by atoms with Crippen molar-refractivity contribution in [2.45, 2.75) is 13.0 Å². The summed E-state index contributed by atoms with van der Waals surface area (Å²) in [5, 5.41) is 0. The molecule has 2 rings (SSSR count). The van der Waals surface area contributed by atoms with E-state index in [0.29, 0.717) is 6.54 Å². The molecule has 0 aliphatic carbocycles. The van der Waals surface area contributed by atoms with Gasteiger partial charge in [-0.05, 0) is 44.3 Å². The highest BCUT2D eigenvalue weighted by Crippen LogP contribution is 2.20. The molecule has 1 aliphatic heterocycles. The first kappa shape index (κ1) is 15.8. The van der Waals surface area contributed by atoms with Gasteiger partial charge in [-0.25, -0.2) is 0 Å². The van der Waals surface area contributed by atoms with Crippen LogP contribution in [-0.4, -0.2) is 56.7 Å². The lowest BCUT2D eigenvalue weighted by Crippen LogP contribution is -2.28. The van der Waals surface area contributed by atoms with Crippen molar-refractivity contribution in [2.24, 2.45) is 5.73 Å². The molecule has 0 radical (unpaired) electrons. The van der Waals surface area contributed by atoms with Gasteiger partial charge in [0.25, 0.3) is 0 Å². The molecule has 114 valence electrons. The molecule has 0 amide bonds. The summed E-state index contributed by atoms with van der Waals surface area (Å²) in [6, 6.07) is 6.25. The molecule has 0 bridgehead atoms. The van der Waals surface area contributed by atoms with E-state index in [2.05, 4.69) is 40.8 Å². The topological polar surface area (TPSA) is 41.7 Å². The predicted molar refractivity (Wildman–Crippen MR) is 86.3 cm³/mol. The summed E-state index contributed by atoms with van der Waals surface area (Å²) in [6.07, 6.45) is 1.23. The van der Waals surface area contributed by atoms with Crippen LogP contribution in [0.3, 0.4) is 0 Å². The van der Waals surface area contributed by atoms with Crippen LogP contribution in [0.2, 0.25) is 0 Å². The monoisotopic (exact) mass is 287 g/mol. The Kier molecular flexibility index (Phi) is 6.06. The zero-order valence-electron chi connectivity index (χ0n) is 13.1. The fourth-order valence-electron chi connectivity index (χ4n) is 2.61. The summed E-state index contributed by atoms with van der Waals surface area (Å²) in [5.74, 6) is 6.81. The normalized spacial score (nSPS) is 16.9. The number of methoxy groups -OCH3 is 1. The zero-order valence-corrected chi connectivity index (χ0v) is 13.1. The molecular weight excluding hydrogens is 262 g/mol. The maximum Gasteiger partial charge on any atom is 0.134 e. The Hall–Kier alpha value is -1.54. The highest BCUT2D eigenvalue weighted by Gasteiger charge is 2.13. The molecule has 0 aromatic heterocycles. The van der Waals surface area contributed by atoms with E-state index in [-0.39, 0.29) is 0 Å². The van der Waals surface area contributed by atoms with E-state index in [9.17, 15) is 0 Å². The fourth-order valence-corrected chi connectivity index (χ4v) is 2.61. The summed E-state index contributed by atoms with van der Waals surface area (Å²) >= 11 is 0. The quantitative estimate of drug-likeness (QED) is 0.847. The molecular formula is C17H25N3O. The minimum Gasteiger partial charge on any atom is -0.495 e. The Labute approximate surface area is 127 Å². The van der Waals surface area contributed by atoms with Crippen LogP contribution in [0.15, 0.2) is 18.2 Å². The van der Waals surface area contributed by atoms with Crippen LogP contribution in [-0.2, 0) is 6.54 Å². The number of hydrogen-bond acceptors (Lipinski definition) is 4. The lowest BCUT2D eigenvalue weighted by molar-refractivity contribution is 0.269. The minimum atomic E-state index is 0.367. The maximum atomic E-state index is 5.46. The van der Waals surface area contributed by atoms with Gasteiger partial charge in [0.05, 0.1) is 19.2 Å². The van der Waals surface area contributed by atoms with E-state index >= 15 is 0 Å². The number of rotatable bonds is 3. The number of ether oxygens (including phenoxy) is 1. The Morgan fingerprint density at radius 1 is 1.24 bits per heavy atom. The van der Waals surface area contributed by atoms with Gasteiger partial charge in [0, 0.05) is 19.6 Å². The third-order valence-corrected chi connectivity index (χ3v) is 3.81.